The zero-order valence-corrected chi connectivity index (χ0v) is 9.64. The fourth-order valence-electron chi connectivity index (χ4n) is 2.34. The summed E-state index contributed by atoms with van der Waals surface area (Å²) in [4.78, 5) is 19.4. The third-order valence-corrected chi connectivity index (χ3v) is 3.27. The topological polar surface area (TPSA) is 55.0 Å². The Hall–Kier alpha value is -1.68. The molecule has 2 aromatic heterocycles. The highest BCUT2D eigenvalue weighted by Gasteiger charge is 2.30. The van der Waals surface area contributed by atoms with Crippen LogP contribution in [0.2, 0.25) is 0 Å². The number of aromatic nitrogens is 2. The zero-order chi connectivity index (χ0) is 11.8. The molecule has 2 unspecified atom stereocenters. The lowest BCUT2D eigenvalue weighted by Crippen LogP contribution is -2.20. The second-order valence-corrected chi connectivity index (χ2v) is 4.50. The molecule has 0 amide bonds. The molecule has 2 atom stereocenters. The predicted octanol–water partition coefficient (Wildman–Crippen LogP) is 2.31. The molecule has 1 aliphatic rings. The minimum absolute atomic E-state index is 0.0635. The molecule has 2 aromatic rings. The Kier molecular flexibility index (Phi) is 2.44. The lowest BCUT2D eigenvalue weighted by atomic mass is 10.0. The fraction of sp³-hybridized carbons (Fsp3) is 0.385. The number of hydrogen-bond donors (Lipinski definition) is 1. The monoisotopic (exact) mass is 230 g/mol. The van der Waals surface area contributed by atoms with Crippen LogP contribution in [-0.4, -0.2) is 28.0 Å². The standard InChI is InChI=1S/C13H14N2O2/c1-8-2-3-12(17-8)13(16)10-7-15-11-4-5-14-6-9(10)11/h4-8,12,15H,2-3H2,1H3. The summed E-state index contributed by atoms with van der Waals surface area (Å²) in [5, 5.41) is 0.876. The van der Waals surface area contributed by atoms with Crippen LogP contribution in [0.4, 0.5) is 0 Å². The molecule has 1 aliphatic heterocycles. The molecule has 0 aliphatic carbocycles. The summed E-state index contributed by atoms with van der Waals surface area (Å²) in [6.45, 7) is 2.00. The average Bonchev–Trinajstić information content (AvgIpc) is 2.94. The van der Waals surface area contributed by atoms with Gasteiger partial charge in [-0.1, -0.05) is 0 Å². The van der Waals surface area contributed by atoms with Crippen LogP contribution in [0.5, 0.6) is 0 Å². The van der Waals surface area contributed by atoms with Gasteiger partial charge >= 0.3 is 0 Å². The molecule has 4 heteroatoms. The number of carbonyl (C=O) groups is 1. The summed E-state index contributed by atoms with van der Waals surface area (Å²) in [5.41, 5.74) is 1.63. The van der Waals surface area contributed by atoms with Crippen LogP contribution in [0.25, 0.3) is 10.9 Å². The van der Waals surface area contributed by atoms with Crippen LogP contribution in [0, 0.1) is 0 Å². The first-order valence-corrected chi connectivity index (χ1v) is 5.86. The minimum atomic E-state index is -0.288. The van der Waals surface area contributed by atoms with E-state index in [4.69, 9.17) is 4.74 Å². The van der Waals surface area contributed by atoms with Crippen molar-refractivity contribution >= 4 is 16.7 Å². The van der Waals surface area contributed by atoms with Gasteiger partial charge in [-0.15, -0.1) is 0 Å². The Labute approximate surface area is 99.0 Å². The summed E-state index contributed by atoms with van der Waals surface area (Å²) < 4.78 is 5.61. The van der Waals surface area contributed by atoms with E-state index in [1.165, 1.54) is 0 Å². The largest absolute Gasteiger partial charge is 0.367 e. The van der Waals surface area contributed by atoms with Crippen molar-refractivity contribution in [2.45, 2.75) is 32.0 Å². The van der Waals surface area contributed by atoms with Gasteiger partial charge in [0.15, 0.2) is 5.78 Å². The van der Waals surface area contributed by atoms with Gasteiger partial charge in [0.1, 0.15) is 6.10 Å². The Morgan fingerprint density at radius 3 is 3.18 bits per heavy atom. The molecule has 17 heavy (non-hydrogen) atoms. The Morgan fingerprint density at radius 2 is 2.41 bits per heavy atom. The maximum atomic E-state index is 12.3. The van der Waals surface area contributed by atoms with Gasteiger partial charge in [0.2, 0.25) is 0 Å². The molecule has 1 fully saturated rings. The highest BCUT2D eigenvalue weighted by molar-refractivity contribution is 6.09. The van der Waals surface area contributed by atoms with Crippen molar-refractivity contribution in [1.82, 2.24) is 9.97 Å². The van der Waals surface area contributed by atoms with Crippen LogP contribution < -0.4 is 0 Å². The van der Waals surface area contributed by atoms with Crippen LogP contribution in [-0.2, 0) is 4.74 Å². The number of pyridine rings is 1. The highest BCUT2D eigenvalue weighted by Crippen LogP contribution is 2.25. The quantitative estimate of drug-likeness (QED) is 0.805. The second-order valence-electron chi connectivity index (χ2n) is 4.50. The number of nitrogens with one attached hydrogen (secondary N) is 1. The molecule has 1 saturated heterocycles. The van der Waals surface area contributed by atoms with Crippen LogP contribution in [0.3, 0.4) is 0 Å². The number of carbonyl (C=O) groups excluding carboxylic acids is 1. The van der Waals surface area contributed by atoms with Crippen molar-refractivity contribution in [1.29, 1.82) is 0 Å². The van der Waals surface area contributed by atoms with Crippen LogP contribution in [0.1, 0.15) is 30.1 Å². The first-order valence-electron chi connectivity index (χ1n) is 5.86. The smallest absolute Gasteiger partial charge is 0.193 e. The number of aromatic amines is 1. The van der Waals surface area contributed by atoms with Gasteiger partial charge in [0.05, 0.1) is 6.10 Å². The molecular weight excluding hydrogens is 216 g/mol. The van der Waals surface area contributed by atoms with Gasteiger partial charge in [-0.3, -0.25) is 9.78 Å². The second kappa shape index (κ2) is 3.96. The molecular formula is C13H14N2O2. The maximum absolute atomic E-state index is 12.3. The summed E-state index contributed by atoms with van der Waals surface area (Å²) in [6, 6.07) is 1.87. The Morgan fingerprint density at radius 1 is 1.53 bits per heavy atom. The van der Waals surface area contributed by atoms with Crippen molar-refractivity contribution in [3.63, 3.8) is 0 Å². The molecule has 0 bridgehead atoms. The summed E-state index contributed by atoms with van der Waals surface area (Å²) in [6.07, 6.45) is 6.85. The SMILES string of the molecule is CC1CCC(C(=O)c2c[nH]c3ccncc23)O1. The van der Waals surface area contributed by atoms with E-state index in [0.29, 0.717) is 5.56 Å². The molecule has 3 rings (SSSR count). The minimum Gasteiger partial charge on any atom is -0.367 e. The average molecular weight is 230 g/mol. The first-order chi connectivity index (χ1) is 8.25. The lowest BCUT2D eigenvalue weighted by molar-refractivity contribution is 0.0435. The predicted molar refractivity (Wildman–Crippen MR) is 64.0 cm³/mol. The van der Waals surface area contributed by atoms with E-state index < -0.39 is 0 Å². The number of Topliss-reactive ketones (excluding diaryl/α,β-unsaturated/α-hetero) is 1. The Balaban J connectivity index is 1.96. The fourth-order valence-corrected chi connectivity index (χ4v) is 2.34. The van der Waals surface area contributed by atoms with Crippen molar-refractivity contribution in [3.8, 4) is 0 Å². The number of rotatable bonds is 2. The van der Waals surface area contributed by atoms with Gasteiger partial charge in [-0.05, 0) is 25.8 Å². The maximum Gasteiger partial charge on any atom is 0.193 e. The summed E-state index contributed by atoms with van der Waals surface area (Å²) >= 11 is 0. The van der Waals surface area contributed by atoms with Crippen molar-refractivity contribution in [2.75, 3.05) is 0 Å². The van der Waals surface area contributed by atoms with Crippen molar-refractivity contribution < 1.29 is 9.53 Å². The third-order valence-electron chi connectivity index (χ3n) is 3.27. The van der Waals surface area contributed by atoms with Crippen LogP contribution in [0.15, 0.2) is 24.7 Å². The Bertz CT molecular complexity index is 561. The molecule has 4 nitrogen and oxygen atoms in total. The van der Waals surface area contributed by atoms with Crippen molar-refractivity contribution in [2.24, 2.45) is 0 Å². The number of ether oxygens (including phenoxy) is 1. The molecule has 0 spiro atoms. The van der Waals surface area contributed by atoms with E-state index in [1.807, 2.05) is 13.0 Å². The molecule has 3 heterocycles. The summed E-state index contributed by atoms with van der Waals surface area (Å²) in [5.74, 6) is 0.0635. The number of fused-ring (bicyclic) bond motifs is 1. The molecule has 0 saturated carbocycles. The number of hydrogen-bond acceptors (Lipinski definition) is 3. The molecule has 0 aromatic carbocycles. The van der Waals surface area contributed by atoms with Gasteiger partial charge in [0.25, 0.3) is 0 Å². The first kappa shape index (κ1) is 10.5. The van der Waals surface area contributed by atoms with Gasteiger partial charge in [-0.2, -0.15) is 0 Å². The van der Waals surface area contributed by atoms with Crippen LogP contribution >= 0.6 is 0 Å². The van der Waals surface area contributed by atoms with Crippen molar-refractivity contribution in [3.05, 3.63) is 30.2 Å². The highest BCUT2D eigenvalue weighted by atomic mass is 16.5. The van der Waals surface area contributed by atoms with Gasteiger partial charge in [0, 0.05) is 35.1 Å². The number of H-pyrrole nitrogens is 1. The third kappa shape index (κ3) is 1.74. The molecule has 0 radical (unpaired) electrons. The van der Waals surface area contributed by atoms with E-state index in [1.54, 1.807) is 18.6 Å². The van der Waals surface area contributed by atoms with E-state index in [2.05, 4.69) is 9.97 Å². The normalized spacial score (nSPS) is 24.3. The van der Waals surface area contributed by atoms with E-state index >= 15 is 0 Å². The molecule has 1 N–H and O–H groups in total. The number of nitrogens with zero attached hydrogens (tertiary/aromatic N) is 1. The molecule has 88 valence electrons. The van der Waals surface area contributed by atoms with E-state index in [-0.39, 0.29) is 18.0 Å². The van der Waals surface area contributed by atoms with E-state index in [0.717, 1.165) is 23.7 Å². The van der Waals surface area contributed by atoms with Gasteiger partial charge in [-0.25, -0.2) is 0 Å². The lowest BCUT2D eigenvalue weighted by Gasteiger charge is -2.08. The van der Waals surface area contributed by atoms with Gasteiger partial charge < -0.3 is 9.72 Å². The van der Waals surface area contributed by atoms with E-state index in [9.17, 15) is 4.79 Å². The zero-order valence-electron chi connectivity index (χ0n) is 9.64. The summed E-state index contributed by atoms with van der Waals surface area (Å²) in [7, 11) is 0. The number of ketones is 1.